The van der Waals surface area contributed by atoms with E-state index >= 15 is 0 Å². The number of phenols is 1. The molecule has 2 saturated heterocycles. The lowest BCUT2D eigenvalue weighted by Crippen LogP contribution is -2.43. The van der Waals surface area contributed by atoms with Gasteiger partial charge >= 0.3 is 0 Å². The predicted octanol–water partition coefficient (Wildman–Crippen LogP) is 6.87. The number of nitrogen functional groups attached to an aromatic ring is 1. The van der Waals surface area contributed by atoms with Gasteiger partial charge in [0.15, 0.2) is 5.88 Å². The maximum atomic E-state index is 14.9. The number of nitrogens with one attached hydrogen (secondary N) is 1. The molecule has 0 spiro atoms. The normalized spacial score (nSPS) is 21.6. The van der Waals surface area contributed by atoms with Crippen LogP contribution in [0.1, 0.15) is 67.3 Å². The summed E-state index contributed by atoms with van der Waals surface area (Å²) in [5, 5.41) is 25.9. The van der Waals surface area contributed by atoms with E-state index in [2.05, 4.69) is 36.7 Å². The van der Waals surface area contributed by atoms with Crippen molar-refractivity contribution in [2.24, 2.45) is 10.9 Å². The highest BCUT2D eigenvalue weighted by atomic mass is 32.1. The van der Waals surface area contributed by atoms with Gasteiger partial charge in [-0.15, -0.1) is 17.9 Å². The highest BCUT2D eigenvalue weighted by molar-refractivity contribution is 7.23. The summed E-state index contributed by atoms with van der Waals surface area (Å²) in [7, 11) is 0. The van der Waals surface area contributed by atoms with E-state index in [9.17, 15) is 14.8 Å². The molecule has 2 aromatic carbocycles. The number of nitriles is 1. The number of ether oxygens (including phenoxy) is 2. The Morgan fingerprint density at radius 1 is 1.40 bits per heavy atom. The van der Waals surface area contributed by atoms with E-state index in [0.29, 0.717) is 59.5 Å². The monoisotopic (exact) mass is 629 g/mol. The number of benzene rings is 2. The molecule has 0 bridgehead atoms. The van der Waals surface area contributed by atoms with Crippen LogP contribution in [0.4, 0.5) is 9.39 Å². The summed E-state index contributed by atoms with van der Waals surface area (Å²) in [4.78, 5) is 7.43. The van der Waals surface area contributed by atoms with Crippen molar-refractivity contribution in [2.75, 3.05) is 32.0 Å². The van der Waals surface area contributed by atoms with Gasteiger partial charge in [0, 0.05) is 28.6 Å². The lowest BCUT2D eigenvalue weighted by atomic mass is 9.86. The van der Waals surface area contributed by atoms with Crippen LogP contribution in [0.15, 0.2) is 41.7 Å². The number of nitrogens with two attached hydrogens (primary N) is 1. The number of aliphatic imine (C=N–C) groups is 1. The van der Waals surface area contributed by atoms with E-state index in [1.807, 2.05) is 13.0 Å². The van der Waals surface area contributed by atoms with Crippen molar-refractivity contribution in [1.82, 2.24) is 10.2 Å². The Hall–Kier alpha value is -3.91. The number of aromatic hydroxyl groups is 1. The Kier molecular flexibility index (Phi) is 8.61. The van der Waals surface area contributed by atoms with E-state index in [0.717, 1.165) is 60.4 Å². The molecule has 0 radical (unpaired) electrons. The fraction of sp³-hybridized carbons (Fsp3) is 0.429. The summed E-state index contributed by atoms with van der Waals surface area (Å²) in [5.41, 5.74) is 10.4. The van der Waals surface area contributed by atoms with Crippen molar-refractivity contribution < 1.29 is 19.0 Å². The average Bonchev–Trinajstić information content (AvgIpc) is 3.78. The van der Waals surface area contributed by atoms with Crippen LogP contribution < -0.4 is 11.1 Å². The molecular formula is C35H40FN5O3S. The third kappa shape index (κ3) is 5.37. The molecule has 3 aliphatic rings. The quantitative estimate of drug-likeness (QED) is 0.102. The smallest absolute Gasteiger partial charge is 0.188 e. The van der Waals surface area contributed by atoms with Crippen molar-refractivity contribution in [2.45, 2.75) is 65.2 Å². The molecule has 10 heteroatoms. The Morgan fingerprint density at radius 3 is 2.96 bits per heavy atom. The van der Waals surface area contributed by atoms with Crippen LogP contribution in [0.3, 0.4) is 0 Å². The van der Waals surface area contributed by atoms with Crippen molar-refractivity contribution >= 4 is 32.3 Å². The molecule has 6 rings (SSSR count). The van der Waals surface area contributed by atoms with Gasteiger partial charge in [-0.1, -0.05) is 26.0 Å². The first kappa shape index (κ1) is 31.1. The van der Waals surface area contributed by atoms with E-state index in [-0.39, 0.29) is 33.2 Å². The SMILES string of the molecule is C=CCN=C(N/C(=C/CC)OCC12CCCN1CC(C)C2)c1c(C)c(O)c(-c2ccc(F)c3sc(N)c(C#N)c23)c2c1COC2. The fourth-order valence-corrected chi connectivity index (χ4v) is 8.44. The Labute approximate surface area is 267 Å². The first-order chi connectivity index (χ1) is 21.7. The molecule has 0 aliphatic carbocycles. The number of thiophene rings is 1. The summed E-state index contributed by atoms with van der Waals surface area (Å²) in [6, 6.07) is 5.10. The number of fused-ring (bicyclic) bond motifs is 3. The zero-order valence-electron chi connectivity index (χ0n) is 26.1. The summed E-state index contributed by atoms with van der Waals surface area (Å²) >= 11 is 1.04. The second-order valence-electron chi connectivity index (χ2n) is 12.4. The number of amidine groups is 1. The van der Waals surface area contributed by atoms with Gasteiger partial charge in [-0.25, -0.2) is 4.39 Å². The second-order valence-corrected chi connectivity index (χ2v) is 13.4. The molecule has 2 unspecified atom stereocenters. The average molecular weight is 630 g/mol. The zero-order chi connectivity index (χ0) is 31.9. The van der Waals surface area contributed by atoms with Crippen molar-refractivity contribution in [1.29, 1.82) is 5.26 Å². The minimum atomic E-state index is -0.460. The maximum absolute atomic E-state index is 14.9. The minimum Gasteiger partial charge on any atom is -0.507 e. The van der Waals surface area contributed by atoms with Crippen molar-refractivity contribution in [3.63, 3.8) is 0 Å². The number of hydrogen-bond donors (Lipinski definition) is 3. The zero-order valence-corrected chi connectivity index (χ0v) is 27.0. The van der Waals surface area contributed by atoms with Crippen LogP contribution in [0, 0.1) is 30.0 Å². The molecule has 4 heterocycles. The molecule has 236 valence electrons. The Bertz CT molecular complexity index is 1770. The van der Waals surface area contributed by atoms with Gasteiger partial charge in [0.1, 0.15) is 35.1 Å². The maximum Gasteiger partial charge on any atom is 0.188 e. The number of anilines is 1. The van der Waals surface area contributed by atoms with Gasteiger partial charge in [0.2, 0.25) is 0 Å². The summed E-state index contributed by atoms with van der Waals surface area (Å²) in [6.07, 6.45) is 7.96. The molecular weight excluding hydrogens is 589 g/mol. The molecule has 45 heavy (non-hydrogen) atoms. The summed E-state index contributed by atoms with van der Waals surface area (Å²) in [5.74, 6) is 1.39. The molecule has 0 amide bonds. The minimum absolute atomic E-state index is 0.0197. The van der Waals surface area contributed by atoms with E-state index in [1.54, 1.807) is 12.1 Å². The molecule has 0 saturated carbocycles. The van der Waals surface area contributed by atoms with E-state index < -0.39 is 5.82 Å². The number of nitrogens with zero attached hydrogens (tertiary/aromatic N) is 3. The lowest BCUT2D eigenvalue weighted by Gasteiger charge is -2.32. The highest BCUT2D eigenvalue weighted by Crippen LogP contribution is 2.48. The van der Waals surface area contributed by atoms with E-state index in [4.69, 9.17) is 20.2 Å². The van der Waals surface area contributed by atoms with Crippen LogP contribution in [-0.2, 0) is 22.7 Å². The number of halogens is 1. The first-order valence-corrected chi connectivity index (χ1v) is 16.4. The fourth-order valence-electron chi connectivity index (χ4n) is 7.49. The van der Waals surface area contributed by atoms with Crippen LogP contribution >= 0.6 is 11.3 Å². The standard InChI is InChI=1S/C35H40FN5O3S/c1-5-8-27(44-19-35-11-7-13-41(35)16-20(3)14-35)40-34(39-12-6-2)28-21(4)31(42)29(25-18-43-17-24(25)28)22-9-10-26(36)32-30(22)23(15-37)33(38)45-32/h6,8-10,20,42H,2,5,7,11-14,16-19,38H2,1,3-4H3,(H,39,40)/b27-8-. The van der Waals surface area contributed by atoms with Crippen LogP contribution in [0.5, 0.6) is 5.75 Å². The number of hydrogen-bond acceptors (Lipinski definition) is 8. The second kappa shape index (κ2) is 12.5. The van der Waals surface area contributed by atoms with E-state index in [1.165, 1.54) is 12.5 Å². The molecule has 2 fully saturated rings. The number of allylic oxidation sites excluding steroid dienone is 1. The van der Waals surface area contributed by atoms with Crippen LogP contribution in [-0.4, -0.2) is 47.6 Å². The van der Waals surface area contributed by atoms with Gasteiger partial charge in [0.25, 0.3) is 0 Å². The molecule has 4 N–H and O–H groups in total. The van der Waals surface area contributed by atoms with Crippen LogP contribution in [0.2, 0.25) is 0 Å². The third-order valence-electron chi connectivity index (χ3n) is 9.37. The van der Waals surface area contributed by atoms with Crippen molar-refractivity contribution in [3.8, 4) is 22.9 Å². The molecule has 1 aromatic heterocycles. The van der Waals surface area contributed by atoms with Gasteiger partial charge in [-0.05, 0) is 73.9 Å². The Morgan fingerprint density at radius 2 is 2.20 bits per heavy atom. The molecule has 2 atom stereocenters. The molecule has 3 aliphatic heterocycles. The summed E-state index contributed by atoms with van der Waals surface area (Å²) in [6.45, 7) is 13.8. The Balaban J connectivity index is 1.42. The van der Waals surface area contributed by atoms with Crippen molar-refractivity contribution in [3.05, 3.63) is 70.4 Å². The number of phenolic OH excluding ortho intramolecular Hbond substituents is 1. The van der Waals surface area contributed by atoms with Gasteiger partial charge in [-0.3, -0.25) is 9.89 Å². The third-order valence-corrected chi connectivity index (χ3v) is 10.4. The molecule has 3 aromatic rings. The van der Waals surface area contributed by atoms with Gasteiger partial charge in [0.05, 0.1) is 35.6 Å². The van der Waals surface area contributed by atoms with Gasteiger partial charge in [-0.2, -0.15) is 5.26 Å². The number of rotatable bonds is 9. The lowest BCUT2D eigenvalue weighted by molar-refractivity contribution is 0.0680. The van der Waals surface area contributed by atoms with Gasteiger partial charge < -0.3 is 25.6 Å². The van der Waals surface area contributed by atoms with Crippen LogP contribution in [0.25, 0.3) is 21.2 Å². The predicted molar refractivity (Wildman–Crippen MR) is 178 cm³/mol. The topological polar surface area (TPSA) is 116 Å². The first-order valence-electron chi connectivity index (χ1n) is 15.6. The summed E-state index contributed by atoms with van der Waals surface area (Å²) < 4.78 is 27.7. The largest absolute Gasteiger partial charge is 0.507 e. The molecule has 8 nitrogen and oxygen atoms in total. The highest BCUT2D eigenvalue weighted by Gasteiger charge is 2.47.